The summed E-state index contributed by atoms with van der Waals surface area (Å²) in [5.41, 5.74) is 1.41. The zero-order valence-electron chi connectivity index (χ0n) is 9.17. The van der Waals surface area contributed by atoms with Crippen molar-refractivity contribution in [1.82, 2.24) is 0 Å². The first-order valence-electron chi connectivity index (χ1n) is 5.09. The average molecular weight is 297 g/mol. The highest BCUT2D eigenvalue weighted by Gasteiger charge is 2.15. The first kappa shape index (κ1) is 12.0. The Bertz CT molecular complexity index is 560. The lowest BCUT2D eigenvalue weighted by Crippen LogP contribution is -2.04. The van der Waals surface area contributed by atoms with Gasteiger partial charge in [-0.25, -0.2) is 4.39 Å². The molecule has 0 aliphatic rings. The molecule has 0 saturated heterocycles. The molecule has 0 atom stereocenters. The highest BCUT2D eigenvalue weighted by atomic mass is 79.9. The van der Waals surface area contributed by atoms with E-state index in [0.717, 1.165) is 10.0 Å². The molecule has 0 bridgehead atoms. The van der Waals surface area contributed by atoms with Gasteiger partial charge in [-0.1, -0.05) is 15.9 Å². The van der Waals surface area contributed by atoms with E-state index in [2.05, 4.69) is 15.9 Å². The fourth-order valence-electron chi connectivity index (χ4n) is 1.59. The summed E-state index contributed by atoms with van der Waals surface area (Å²) in [6.07, 6.45) is 1.59. The Hall–Kier alpha value is -1.42. The van der Waals surface area contributed by atoms with Crippen LogP contribution in [0.4, 0.5) is 4.39 Å². The summed E-state index contributed by atoms with van der Waals surface area (Å²) >= 11 is 3.29. The first-order valence-corrected chi connectivity index (χ1v) is 5.88. The van der Waals surface area contributed by atoms with Gasteiger partial charge in [-0.3, -0.25) is 4.79 Å². The number of hydrogen-bond acceptors (Lipinski definition) is 2. The molecule has 1 aromatic heterocycles. The number of carbonyl (C=O) groups is 1. The third-order valence-corrected chi connectivity index (χ3v) is 3.25. The third kappa shape index (κ3) is 2.64. The number of ketones is 1. The van der Waals surface area contributed by atoms with Gasteiger partial charge in [-0.05, 0) is 42.3 Å². The number of rotatable bonds is 3. The van der Waals surface area contributed by atoms with Crippen molar-refractivity contribution in [1.29, 1.82) is 0 Å². The van der Waals surface area contributed by atoms with Crippen molar-refractivity contribution in [3.63, 3.8) is 0 Å². The summed E-state index contributed by atoms with van der Waals surface area (Å²) in [6.45, 7) is 1.80. The molecule has 0 aliphatic carbocycles. The molecule has 0 unspecified atom stereocenters. The van der Waals surface area contributed by atoms with Gasteiger partial charge in [-0.2, -0.15) is 0 Å². The van der Waals surface area contributed by atoms with E-state index in [0.29, 0.717) is 11.3 Å². The van der Waals surface area contributed by atoms with Crippen molar-refractivity contribution in [2.45, 2.75) is 13.3 Å². The molecule has 0 radical (unpaired) electrons. The largest absolute Gasteiger partial charge is 0.461 e. The Morgan fingerprint density at radius 1 is 1.41 bits per heavy atom. The molecule has 0 fully saturated rings. The van der Waals surface area contributed by atoms with Gasteiger partial charge >= 0.3 is 0 Å². The molecular formula is C13H10BrFO2. The van der Waals surface area contributed by atoms with Crippen molar-refractivity contribution >= 4 is 21.7 Å². The van der Waals surface area contributed by atoms with Crippen molar-refractivity contribution in [3.05, 3.63) is 57.7 Å². The highest BCUT2D eigenvalue weighted by Crippen LogP contribution is 2.21. The van der Waals surface area contributed by atoms with Crippen LogP contribution in [0.15, 0.2) is 39.4 Å². The molecule has 1 aromatic carbocycles. The minimum absolute atomic E-state index is 0.118. The Labute approximate surface area is 107 Å². The normalized spacial score (nSPS) is 10.5. The van der Waals surface area contributed by atoms with E-state index in [4.69, 9.17) is 4.42 Å². The van der Waals surface area contributed by atoms with Gasteiger partial charge in [0.2, 0.25) is 5.78 Å². The number of furan rings is 1. The quantitative estimate of drug-likeness (QED) is 0.804. The van der Waals surface area contributed by atoms with Gasteiger partial charge in [0.1, 0.15) is 5.82 Å². The zero-order valence-corrected chi connectivity index (χ0v) is 10.8. The first-order chi connectivity index (χ1) is 8.08. The Morgan fingerprint density at radius 3 is 2.82 bits per heavy atom. The van der Waals surface area contributed by atoms with Crippen LogP contribution >= 0.6 is 15.9 Å². The van der Waals surface area contributed by atoms with Gasteiger partial charge < -0.3 is 4.42 Å². The molecule has 0 aliphatic heterocycles. The smallest absolute Gasteiger partial charge is 0.202 e. The lowest BCUT2D eigenvalue weighted by molar-refractivity contribution is 0.0965. The van der Waals surface area contributed by atoms with Crippen molar-refractivity contribution in [3.8, 4) is 0 Å². The maximum absolute atomic E-state index is 13.1. The third-order valence-electron chi connectivity index (χ3n) is 2.47. The van der Waals surface area contributed by atoms with Crippen molar-refractivity contribution in [2.24, 2.45) is 0 Å². The van der Waals surface area contributed by atoms with Crippen LogP contribution in [0.25, 0.3) is 0 Å². The summed E-state index contributed by atoms with van der Waals surface area (Å²) in [5, 5.41) is 0. The van der Waals surface area contributed by atoms with Crippen LogP contribution in [0.1, 0.15) is 21.7 Å². The molecule has 17 heavy (non-hydrogen) atoms. The maximum Gasteiger partial charge on any atom is 0.202 e. The number of Topliss-reactive ketones (excluding diaryl/α,β-unsaturated/α-hetero) is 1. The van der Waals surface area contributed by atoms with Gasteiger partial charge in [0.05, 0.1) is 6.26 Å². The zero-order chi connectivity index (χ0) is 12.4. The van der Waals surface area contributed by atoms with Crippen molar-refractivity contribution < 1.29 is 13.6 Å². The van der Waals surface area contributed by atoms with Crippen LogP contribution in [-0.2, 0) is 6.42 Å². The van der Waals surface area contributed by atoms with Gasteiger partial charge in [-0.15, -0.1) is 0 Å². The van der Waals surface area contributed by atoms with Gasteiger partial charge in [0.25, 0.3) is 0 Å². The van der Waals surface area contributed by atoms with E-state index >= 15 is 0 Å². The molecule has 2 rings (SSSR count). The lowest BCUT2D eigenvalue weighted by Gasteiger charge is -2.03. The summed E-state index contributed by atoms with van der Waals surface area (Å²) in [5.74, 6) is -0.174. The van der Waals surface area contributed by atoms with Crippen LogP contribution in [0.5, 0.6) is 0 Å². The minimum atomic E-state index is -0.354. The molecule has 4 heteroatoms. The molecule has 0 saturated carbocycles. The predicted molar refractivity (Wildman–Crippen MR) is 65.6 cm³/mol. The minimum Gasteiger partial charge on any atom is -0.461 e. The molecule has 1 heterocycles. The number of carbonyl (C=O) groups excluding carboxylic acids is 1. The fourth-order valence-corrected chi connectivity index (χ4v) is 1.98. The average Bonchev–Trinajstić information content (AvgIpc) is 2.70. The molecule has 0 N–H and O–H groups in total. The van der Waals surface area contributed by atoms with Crippen LogP contribution in [0.3, 0.4) is 0 Å². The summed E-state index contributed by atoms with van der Waals surface area (Å²) in [7, 11) is 0. The van der Waals surface area contributed by atoms with Crippen LogP contribution in [-0.4, -0.2) is 5.78 Å². The number of benzene rings is 1. The van der Waals surface area contributed by atoms with Crippen LogP contribution < -0.4 is 0 Å². The Balaban J connectivity index is 2.24. The van der Waals surface area contributed by atoms with Crippen LogP contribution in [0.2, 0.25) is 0 Å². The Kier molecular flexibility index (Phi) is 3.43. The second kappa shape index (κ2) is 4.84. The second-order valence-electron chi connectivity index (χ2n) is 3.77. The molecule has 88 valence electrons. The molecule has 2 aromatic rings. The molecule has 0 amide bonds. The topological polar surface area (TPSA) is 30.2 Å². The summed E-state index contributed by atoms with van der Waals surface area (Å²) in [6, 6.07) is 6.01. The molecule has 2 nitrogen and oxygen atoms in total. The second-order valence-corrected chi connectivity index (χ2v) is 4.62. The van der Waals surface area contributed by atoms with Crippen molar-refractivity contribution in [2.75, 3.05) is 0 Å². The SMILES string of the molecule is Cc1ccoc1C(=O)Cc1cc(F)ccc1Br. The summed E-state index contributed by atoms with van der Waals surface area (Å²) < 4.78 is 18.9. The van der Waals surface area contributed by atoms with Gasteiger partial charge in [0, 0.05) is 10.9 Å². The molecule has 0 spiro atoms. The van der Waals surface area contributed by atoms with E-state index in [1.54, 1.807) is 19.1 Å². The number of halogens is 2. The highest BCUT2D eigenvalue weighted by molar-refractivity contribution is 9.10. The fraction of sp³-hybridized carbons (Fsp3) is 0.154. The monoisotopic (exact) mass is 296 g/mol. The summed E-state index contributed by atoms with van der Waals surface area (Å²) in [4.78, 5) is 11.9. The molecular weight excluding hydrogens is 287 g/mol. The number of hydrogen-bond donors (Lipinski definition) is 0. The van der Waals surface area contributed by atoms with Gasteiger partial charge in [0.15, 0.2) is 5.76 Å². The maximum atomic E-state index is 13.1. The van der Waals surface area contributed by atoms with E-state index in [1.165, 1.54) is 18.4 Å². The van der Waals surface area contributed by atoms with Crippen LogP contribution in [0, 0.1) is 12.7 Å². The van der Waals surface area contributed by atoms with E-state index in [-0.39, 0.29) is 18.0 Å². The standard InChI is InChI=1S/C13H10BrFO2/c1-8-4-5-17-13(8)12(16)7-9-6-10(15)2-3-11(9)14/h2-6H,7H2,1H3. The Morgan fingerprint density at radius 2 is 2.18 bits per heavy atom. The predicted octanol–water partition coefficient (Wildman–Crippen LogP) is 3.92. The van der Waals surface area contributed by atoms with E-state index in [9.17, 15) is 9.18 Å². The van der Waals surface area contributed by atoms with E-state index < -0.39 is 0 Å². The van der Waals surface area contributed by atoms with E-state index in [1.807, 2.05) is 0 Å². The lowest BCUT2D eigenvalue weighted by atomic mass is 10.1. The number of aryl methyl sites for hydroxylation is 1.